The minimum Gasteiger partial charge on any atom is -0.364 e. The van der Waals surface area contributed by atoms with Gasteiger partial charge in [-0.05, 0) is 44.1 Å². The fourth-order valence-electron chi connectivity index (χ4n) is 2.23. The smallest absolute Gasteiger partial charge is 0.240 e. The maximum absolute atomic E-state index is 5.42. The Balaban J connectivity index is 2.01. The standard InChI is InChI=1S/C12H17N5S/c1-12(2,7-3-4-7)16-9-8-5-6-18-10(8)15-11(14-9)17-13/h5-7H,3-4,13H2,1-2H3,(H2,14,15,16,17). The van der Waals surface area contributed by atoms with Crippen molar-refractivity contribution in [1.29, 1.82) is 0 Å². The average Bonchev–Trinajstić information content (AvgIpc) is 3.09. The highest BCUT2D eigenvalue weighted by atomic mass is 32.1. The van der Waals surface area contributed by atoms with E-state index in [1.165, 1.54) is 12.8 Å². The maximum Gasteiger partial charge on any atom is 0.240 e. The monoisotopic (exact) mass is 263 g/mol. The van der Waals surface area contributed by atoms with Crippen LogP contribution in [0, 0.1) is 5.92 Å². The first-order chi connectivity index (χ1) is 8.60. The van der Waals surface area contributed by atoms with Gasteiger partial charge in [0.25, 0.3) is 0 Å². The average molecular weight is 263 g/mol. The molecule has 1 aliphatic carbocycles. The molecule has 96 valence electrons. The molecule has 0 amide bonds. The molecular weight excluding hydrogens is 246 g/mol. The molecule has 0 aliphatic heterocycles. The van der Waals surface area contributed by atoms with Crippen LogP contribution >= 0.6 is 11.3 Å². The second-order valence-electron chi connectivity index (χ2n) is 5.30. The zero-order valence-corrected chi connectivity index (χ0v) is 11.3. The molecule has 2 aromatic rings. The number of nitrogen functional groups attached to an aromatic ring is 1. The Morgan fingerprint density at radius 1 is 1.39 bits per heavy atom. The Morgan fingerprint density at radius 3 is 2.83 bits per heavy atom. The highest BCUT2D eigenvalue weighted by molar-refractivity contribution is 7.16. The van der Waals surface area contributed by atoms with Gasteiger partial charge < -0.3 is 5.32 Å². The maximum atomic E-state index is 5.42. The van der Waals surface area contributed by atoms with E-state index < -0.39 is 0 Å². The number of fused-ring (bicyclic) bond motifs is 1. The lowest BCUT2D eigenvalue weighted by Crippen LogP contribution is -2.34. The number of rotatable bonds is 4. The Morgan fingerprint density at radius 2 is 2.17 bits per heavy atom. The van der Waals surface area contributed by atoms with E-state index in [0.29, 0.717) is 5.95 Å². The van der Waals surface area contributed by atoms with Crippen molar-refractivity contribution in [2.24, 2.45) is 11.8 Å². The van der Waals surface area contributed by atoms with Crippen molar-refractivity contribution in [3.05, 3.63) is 11.4 Å². The topological polar surface area (TPSA) is 75.9 Å². The molecule has 0 atom stereocenters. The van der Waals surface area contributed by atoms with Crippen LogP contribution in [0.4, 0.5) is 11.8 Å². The van der Waals surface area contributed by atoms with Gasteiger partial charge in [-0.2, -0.15) is 4.98 Å². The summed E-state index contributed by atoms with van der Waals surface area (Å²) in [7, 11) is 0. The Kier molecular flexibility index (Phi) is 2.64. The summed E-state index contributed by atoms with van der Waals surface area (Å²) in [6.45, 7) is 4.45. The molecule has 0 bridgehead atoms. The van der Waals surface area contributed by atoms with Crippen LogP contribution < -0.4 is 16.6 Å². The summed E-state index contributed by atoms with van der Waals surface area (Å²) in [5.41, 5.74) is 2.59. The fraction of sp³-hybridized carbons (Fsp3) is 0.500. The summed E-state index contributed by atoms with van der Waals surface area (Å²) >= 11 is 1.59. The largest absolute Gasteiger partial charge is 0.364 e. The van der Waals surface area contributed by atoms with Crippen molar-refractivity contribution in [3.63, 3.8) is 0 Å². The highest BCUT2D eigenvalue weighted by Gasteiger charge is 2.38. The van der Waals surface area contributed by atoms with Crippen LogP contribution in [-0.2, 0) is 0 Å². The lowest BCUT2D eigenvalue weighted by molar-refractivity contribution is 0.493. The molecule has 1 saturated carbocycles. The molecule has 0 aromatic carbocycles. The van der Waals surface area contributed by atoms with Crippen LogP contribution in [0.3, 0.4) is 0 Å². The molecule has 1 fully saturated rings. The number of nitrogens with two attached hydrogens (primary N) is 1. The van der Waals surface area contributed by atoms with Crippen molar-refractivity contribution in [2.75, 3.05) is 10.7 Å². The number of thiophene rings is 1. The molecule has 2 heterocycles. The number of nitrogens with one attached hydrogen (secondary N) is 2. The van der Waals surface area contributed by atoms with Gasteiger partial charge in [0.1, 0.15) is 10.6 Å². The summed E-state index contributed by atoms with van der Waals surface area (Å²) in [5, 5.41) is 6.63. The lowest BCUT2D eigenvalue weighted by Gasteiger charge is -2.27. The zero-order valence-electron chi connectivity index (χ0n) is 10.5. The number of nitrogens with zero attached hydrogens (tertiary/aromatic N) is 2. The van der Waals surface area contributed by atoms with E-state index in [9.17, 15) is 0 Å². The molecule has 0 unspecified atom stereocenters. The summed E-state index contributed by atoms with van der Waals surface area (Å²) in [6.07, 6.45) is 2.58. The van der Waals surface area contributed by atoms with Crippen molar-refractivity contribution < 1.29 is 0 Å². The van der Waals surface area contributed by atoms with E-state index in [0.717, 1.165) is 22.0 Å². The van der Waals surface area contributed by atoms with Gasteiger partial charge >= 0.3 is 0 Å². The second-order valence-corrected chi connectivity index (χ2v) is 6.20. The predicted molar refractivity (Wildman–Crippen MR) is 75.7 cm³/mol. The number of aromatic nitrogens is 2. The summed E-state index contributed by atoms with van der Waals surface area (Å²) in [5.74, 6) is 7.47. The highest BCUT2D eigenvalue weighted by Crippen LogP contribution is 2.41. The summed E-state index contributed by atoms with van der Waals surface area (Å²) in [6, 6.07) is 2.05. The van der Waals surface area contributed by atoms with E-state index in [1.807, 2.05) is 11.4 Å². The molecule has 0 saturated heterocycles. The van der Waals surface area contributed by atoms with E-state index in [2.05, 4.69) is 34.6 Å². The summed E-state index contributed by atoms with van der Waals surface area (Å²) < 4.78 is 0. The van der Waals surface area contributed by atoms with Crippen molar-refractivity contribution in [3.8, 4) is 0 Å². The lowest BCUT2D eigenvalue weighted by atomic mass is 9.99. The van der Waals surface area contributed by atoms with Gasteiger partial charge in [0, 0.05) is 5.54 Å². The van der Waals surface area contributed by atoms with E-state index in [1.54, 1.807) is 11.3 Å². The van der Waals surface area contributed by atoms with Crippen LogP contribution in [-0.4, -0.2) is 15.5 Å². The van der Waals surface area contributed by atoms with Crippen molar-refractivity contribution in [2.45, 2.75) is 32.2 Å². The molecule has 6 heteroatoms. The second kappa shape index (κ2) is 4.07. The van der Waals surface area contributed by atoms with E-state index in [4.69, 9.17) is 5.84 Å². The Labute approximate surface area is 110 Å². The van der Waals surface area contributed by atoms with Gasteiger partial charge in [0.15, 0.2) is 0 Å². The summed E-state index contributed by atoms with van der Waals surface area (Å²) in [4.78, 5) is 9.72. The first-order valence-corrected chi connectivity index (χ1v) is 6.98. The van der Waals surface area contributed by atoms with E-state index >= 15 is 0 Å². The molecule has 2 aromatic heterocycles. The number of hydrogen-bond acceptors (Lipinski definition) is 6. The SMILES string of the molecule is CC(C)(Nc1nc(NN)nc2sccc12)C1CC1. The van der Waals surface area contributed by atoms with Gasteiger partial charge in [0.2, 0.25) is 5.95 Å². The molecule has 3 rings (SSSR count). The minimum atomic E-state index is 0.0646. The zero-order chi connectivity index (χ0) is 12.8. The first kappa shape index (κ1) is 11.7. The molecule has 1 aliphatic rings. The number of anilines is 2. The van der Waals surface area contributed by atoms with Gasteiger partial charge in [-0.3, -0.25) is 5.43 Å². The quantitative estimate of drug-likeness (QED) is 0.584. The predicted octanol–water partition coefficient (Wildman–Crippen LogP) is 2.58. The van der Waals surface area contributed by atoms with Crippen LogP contribution in [0.2, 0.25) is 0 Å². The Bertz CT molecular complexity index is 573. The molecule has 18 heavy (non-hydrogen) atoms. The fourth-order valence-corrected chi connectivity index (χ4v) is 2.99. The Hall–Kier alpha value is -1.40. The molecule has 0 spiro atoms. The van der Waals surface area contributed by atoms with Gasteiger partial charge in [-0.25, -0.2) is 10.8 Å². The van der Waals surface area contributed by atoms with Crippen LogP contribution in [0.1, 0.15) is 26.7 Å². The number of hydrogen-bond donors (Lipinski definition) is 3. The van der Waals surface area contributed by atoms with Crippen LogP contribution in [0.5, 0.6) is 0 Å². The third-order valence-corrected chi connectivity index (χ3v) is 4.30. The van der Waals surface area contributed by atoms with Crippen molar-refractivity contribution >= 4 is 33.3 Å². The minimum absolute atomic E-state index is 0.0646. The molecule has 4 N–H and O–H groups in total. The number of hydrazine groups is 1. The van der Waals surface area contributed by atoms with E-state index in [-0.39, 0.29) is 5.54 Å². The first-order valence-electron chi connectivity index (χ1n) is 6.10. The third-order valence-electron chi connectivity index (χ3n) is 3.49. The van der Waals surface area contributed by atoms with Gasteiger partial charge in [0.05, 0.1) is 5.39 Å². The van der Waals surface area contributed by atoms with Gasteiger partial charge in [-0.1, -0.05) is 0 Å². The van der Waals surface area contributed by atoms with Crippen LogP contribution in [0.15, 0.2) is 11.4 Å². The van der Waals surface area contributed by atoms with Crippen molar-refractivity contribution in [1.82, 2.24) is 9.97 Å². The molecule has 5 nitrogen and oxygen atoms in total. The third kappa shape index (κ3) is 2.02. The molecule has 0 radical (unpaired) electrons. The van der Waals surface area contributed by atoms with Gasteiger partial charge in [-0.15, -0.1) is 11.3 Å². The normalized spacial score (nSPS) is 15.9. The van der Waals surface area contributed by atoms with Crippen LogP contribution in [0.25, 0.3) is 10.2 Å². The molecular formula is C12H17N5S.